The van der Waals surface area contributed by atoms with Gasteiger partial charge in [-0.25, -0.2) is 31.1 Å². The van der Waals surface area contributed by atoms with Gasteiger partial charge in [0.1, 0.15) is 40.9 Å². The van der Waals surface area contributed by atoms with Gasteiger partial charge in [-0.05, 0) is 185 Å². The Bertz CT molecular complexity index is 4190. The summed E-state index contributed by atoms with van der Waals surface area (Å²) in [6.07, 6.45) is -7.38. The number of benzene rings is 4. The summed E-state index contributed by atoms with van der Waals surface area (Å²) >= 11 is 0. The number of Topliss-reactive ketones (excluding diaryl/α,β-unsaturated/α-hetero) is 1. The van der Waals surface area contributed by atoms with Crippen molar-refractivity contribution in [2.24, 2.45) is 29.4 Å². The first kappa shape index (κ1) is 90.0. The molecule has 2 aliphatic heterocycles. The molecule has 8 rings (SSSR count). The molecular formula is C77H97F12N5O9S2. The van der Waals surface area contributed by atoms with Crippen molar-refractivity contribution in [3.05, 3.63) is 183 Å². The van der Waals surface area contributed by atoms with Crippen molar-refractivity contribution in [2.45, 2.75) is 178 Å². The highest BCUT2D eigenvalue weighted by Gasteiger charge is 2.42. The molecule has 2 fully saturated rings. The number of ketones is 1. The van der Waals surface area contributed by atoms with Crippen molar-refractivity contribution < 1.29 is 86.4 Å². The van der Waals surface area contributed by atoms with Crippen LogP contribution in [0.25, 0.3) is 22.3 Å². The normalized spacial score (nSPS) is 14.7. The van der Waals surface area contributed by atoms with E-state index in [1.165, 1.54) is 68.9 Å². The number of carbonyl (C=O) groups excluding carboxylic acids is 3. The molecule has 4 aromatic carbocycles. The van der Waals surface area contributed by atoms with Crippen LogP contribution in [0.1, 0.15) is 178 Å². The Kier molecular flexibility index (Phi) is 32.9. The van der Waals surface area contributed by atoms with Gasteiger partial charge in [0.2, 0.25) is 0 Å². The van der Waals surface area contributed by atoms with E-state index < -0.39 is 153 Å². The number of likely N-dealkylation sites (tertiary alicyclic amines) is 2. The van der Waals surface area contributed by atoms with Crippen molar-refractivity contribution in [1.82, 2.24) is 18.9 Å². The SMILES string of the molecule is CCOC(=O)C[C@H](CC(=O)C(CC(C)C)n1cc(CCN2CC(C)C2)c(C)cc1=O)c1c(F)c(-c2c(C)ccc(F)c2C)cc(C(F)(F)F)c1F.CCOC(=O)C[C@H](N)c1c(F)c(-c2c(C)ccc(F)c2C)cc(C(F)(F)F)c1F.Cc1cc(=O)n(C(CC(C)C)C(=O)O)cc1CCN1CC(C)C1.S.S. The van der Waals surface area contributed by atoms with E-state index in [0.717, 1.165) is 86.0 Å². The third kappa shape index (κ3) is 22.8. The van der Waals surface area contributed by atoms with Crippen LogP contribution in [0.5, 0.6) is 0 Å². The monoisotopic (exact) mass is 1530 g/mol. The number of esters is 2. The van der Waals surface area contributed by atoms with E-state index in [1.54, 1.807) is 25.4 Å². The summed E-state index contributed by atoms with van der Waals surface area (Å²) in [4.78, 5) is 80.6. The molecule has 105 heavy (non-hydrogen) atoms. The maximum Gasteiger partial charge on any atom is 0.419 e. The van der Waals surface area contributed by atoms with Gasteiger partial charge in [-0.3, -0.25) is 24.0 Å². The van der Waals surface area contributed by atoms with Crippen LogP contribution in [0.4, 0.5) is 52.7 Å². The zero-order chi connectivity index (χ0) is 77.2. The minimum atomic E-state index is -5.31. The van der Waals surface area contributed by atoms with Gasteiger partial charge >= 0.3 is 30.3 Å². The molecule has 28 heteroatoms. The molecule has 4 heterocycles. The van der Waals surface area contributed by atoms with Gasteiger partial charge in [-0.2, -0.15) is 53.3 Å². The van der Waals surface area contributed by atoms with Crippen LogP contribution < -0.4 is 16.9 Å². The van der Waals surface area contributed by atoms with Crippen LogP contribution in [-0.2, 0) is 53.8 Å². The highest BCUT2D eigenvalue weighted by Crippen LogP contribution is 2.46. The van der Waals surface area contributed by atoms with Crippen LogP contribution in [0.15, 0.2) is 70.5 Å². The molecular weight excluding hydrogens is 1430 g/mol. The molecule has 4 atom stereocenters. The number of aromatic nitrogens is 2. The summed E-state index contributed by atoms with van der Waals surface area (Å²) in [5.74, 6) is -12.2. The number of pyridine rings is 2. The van der Waals surface area contributed by atoms with Gasteiger partial charge in [0.15, 0.2) is 5.78 Å². The first-order valence-corrected chi connectivity index (χ1v) is 34.4. The summed E-state index contributed by atoms with van der Waals surface area (Å²) in [6.45, 7) is 29.8. The Morgan fingerprint density at radius 1 is 0.543 bits per heavy atom. The Hall–Kier alpha value is -7.40. The van der Waals surface area contributed by atoms with Crippen molar-refractivity contribution in [3.63, 3.8) is 0 Å². The lowest BCUT2D eigenvalue weighted by atomic mass is 9.83. The van der Waals surface area contributed by atoms with Gasteiger partial charge in [0.05, 0.1) is 43.2 Å². The summed E-state index contributed by atoms with van der Waals surface area (Å²) in [5.41, 5.74) is 1.27. The molecule has 580 valence electrons. The quantitative estimate of drug-likeness (QED) is 0.0388. The van der Waals surface area contributed by atoms with E-state index in [1.807, 2.05) is 34.6 Å². The number of rotatable bonds is 26. The van der Waals surface area contributed by atoms with Crippen molar-refractivity contribution in [3.8, 4) is 22.3 Å². The Balaban J connectivity index is 0.000000364. The van der Waals surface area contributed by atoms with Gasteiger partial charge in [-0.1, -0.05) is 53.7 Å². The molecule has 3 N–H and O–H groups in total. The number of carboxylic acids is 1. The van der Waals surface area contributed by atoms with Crippen LogP contribution in [0, 0.1) is 100 Å². The molecule has 2 saturated heterocycles. The number of aryl methyl sites for hydroxylation is 4. The standard InChI is InChI=1S/C39H46F6N2O4.C20H19F6NO2.C18H28N2O3.2H2S/c1-8-51-34(50)16-27(36-37(41)28(17-29(38(36)42)39(43,44)45)35-23(5)9-10-30(40)25(35)7)15-32(48)31(13-21(2)3)47-20-26(24(6)14-33(47)49)11-12-46-18-22(4)19-46;1-4-29-15(28)8-14(27)17-18(22)11(7-12(19(17)23)20(24,25)26)16-9(2)5-6-13(21)10(16)3;1-12(2)7-16(18(22)23)20-11-15(14(4)8-17(20)21)5-6-19-9-13(3)10-19;;/h9-10,14,17,20-22,27,31H,8,11-13,15-16,18-19H2,1-7H3;5-7,14H,4,8,27H2,1-3H3;8,11-13,16H,5-7,9-10H2,1-4H3,(H,22,23);2*1H2/t27-,31?;14-;;;/m00.../s1. The average molecular weight is 1530 g/mol. The Morgan fingerprint density at radius 3 is 1.29 bits per heavy atom. The molecule has 0 spiro atoms. The van der Waals surface area contributed by atoms with Crippen molar-refractivity contribution in [1.29, 1.82) is 0 Å². The maximum absolute atomic E-state index is 16.7. The largest absolute Gasteiger partial charge is 0.480 e. The number of hydrogen-bond acceptors (Lipinski definition) is 11. The maximum atomic E-state index is 16.7. The van der Waals surface area contributed by atoms with E-state index in [-0.39, 0.29) is 97.4 Å². The molecule has 2 aromatic heterocycles. The fraction of sp³-hybridized carbons (Fsp3) is 0.506. The van der Waals surface area contributed by atoms with Gasteiger partial charge in [0.25, 0.3) is 11.1 Å². The number of nitrogens with two attached hydrogens (primary N) is 1. The van der Waals surface area contributed by atoms with E-state index >= 15 is 13.2 Å². The summed E-state index contributed by atoms with van der Waals surface area (Å²) < 4.78 is 187. The van der Waals surface area contributed by atoms with E-state index in [2.05, 4.69) is 28.4 Å². The minimum Gasteiger partial charge on any atom is -0.480 e. The number of carboxylic acid groups (broad SMARTS) is 1. The lowest BCUT2D eigenvalue weighted by molar-refractivity contribution is -0.144. The fourth-order valence-corrected chi connectivity index (χ4v) is 13.4. The second-order valence-electron chi connectivity index (χ2n) is 28.1. The van der Waals surface area contributed by atoms with Crippen LogP contribution in [0.2, 0.25) is 0 Å². The summed E-state index contributed by atoms with van der Waals surface area (Å²) in [5, 5.41) is 9.49. The lowest BCUT2D eigenvalue weighted by Gasteiger charge is -2.37. The second kappa shape index (κ2) is 38.4. The third-order valence-electron chi connectivity index (χ3n) is 18.7. The Labute approximate surface area is 618 Å². The fourth-order valence-electron chi connectivity index (χ4n) is 13.4. The van der Waals surface area contributed by atoms with Crippen LogP contribution in [0.3, 0.4) is 0 Å². The highest BCUT2D eigenvalue weighted by atomic mass is 32.1. The zero-order valence-electron chi connectivity index (χ0n) is 61.6. The minimum absolute atomic E-state index is 0. The molecule has 6 aromatic rings. The van der Waals surface area contributed by atoms with Gasteiger partial charge in [0, 0.05) is 104 Å². The number of aliphatic carboxylic acids is 1. The predicted molar refractivity (Wildman–Crippen MR) is 389 cm³/mol. The smallest absolute Gasteiger partial charge is 0.419 e. The number of halogens is 12. The van der Waals surface area contributed by atoms with Crippen LogP contribution >= 0.6 is 27.0 Å². The number of alkyl halides is 6. The molecule has 0 saturated carbocycles. The first-order chi connectivity index (χ1) is 48.0. The highest BCUT2D eigenvalue weighted by molar-refractivity contribution is 7.59. The third-order valence-corrected chi connectivity index (χ3v) is 18.7. The summed E-state index contributed by atoms with van der Waals surface area (Å²) in [7, 11) is 0. The number of nitrogens with zero attached hydrogens (tertiary/aromatic N) is 4. The number of carbonyl (C=O) groups is 4. The first-order valence-electron chi connectivity index (χ1n) is 34.4. The lowest BCUT2D eigenvalue weighted by Crippen LogP contribution is -2.46. The molecule has 0 amide bonds. The number of ether oxygens (including phenoxy) is 2. The zero-order valence-corrected chi connectivity index (χ0v) is 63.6. The topological polar surface area (TPSA) is 183 Å². The van der Waals surface area contributed by atoms with Crippen LogP contribution in [-0.4, -0.2) is 100 Å². The molecule has 0 aliphatic carbocycles. The molecule has 2 aliphatic rings. The van der Waals surface area contributed by atoms with Gasteiger partial charge in [-0.15, -0.1) is 0 Å². The van der Waals surface area contributed by atoms with E-state index in [0.29, 0.717) is 30.9 Å². The molecule has 2 unspecified atom stereocenters. The number of hydrogen-bond donors (Lipinski definition) is 2. The predicted octanol–water partition coefficient (Wildman–Crippen LogP) is 16.6. The Morgan fingerprint density at radius 2 is 0.914 bits per heavy atom. The molecule has 0 radical (unpaired) electrons. The summed E-state index contributed by atoms with van der Waals surface area (Å²) in [6, 6.07) is 4.63. The van der Waals surface area contributed by atoms with Crippen molar-refractivity contribution >= 4 is 50.7 Å². The van der Waals surface area contributed by atoms with E-state index in [9.17, 15) is 73.4 Å². The van der Waals surface area contributed by atoms with Crippen molar-refractivity contribution in [2.75, 3.05) is 52.5 Å². The van der Waals surface area contributed by atoms with E-state index in [4.69, 9.17) is 10.5 Å². The second-order valence-corrected chi connectivity index (χ2v) is 28.1. The van der Waals surface area contributed by atoms with Gasteiger partial charge < -0.3 is 39.2 Å². The average Bonchev–Trinajstić information content (AvgIpc) is 0.757. The molecule has 14 nitrogen and oxygen atoms in total. The molecule has 0 bridgehead atoms.